The number of rotatable bonds is 6. The van der Waals surface area contributed by atoms with E-state index in [1.807, 2.05) is 0 Å². The van der Waals surface area contributed by atoms with Crippen molar-refractivity contribution in [3.8, 4) is 11.3 Å². The number of anilines is 1. The first-order chi connectivity index (χ1) is 15.6. The molecular formula is C22H15N3O8. The van der Waals surface area contributed by atoms with Crippen LogP contribution in [0.3, 0.4) is 0 Å². The molecule has 0 saturated heterocycles. The molecule has 0 fully saturated rings. The van der Waals surface area contributed by atoms with Crippen LogP contribution in [0.5, 0.6) is 0 Å². The number of carboxylic acid groups (broad SMARTS) is 2. The lowest BCUT2D eigenvalue weighted by Crippen LogP contribution is -2.14. The fourth-order valence-electron chi connectivity index (χ4n) is 3.83. The maximum Gasteiger partial charge on any atom is 0.433 e. The number of aryl methyl sites for hydroxylation is 1. The highest BCUT2D eigenvalue weighted by Crippen LogP contribution is 2.38. The van der Waals surface area contributed by atoms with Crippen molar-refractivity contribution in [2.45, 2.75) is 6.92 Å². The largest absolute Gasteiger partial charge is 0.478 e. The normalized spacial score (nSPS) is 10.9. The van der Waals surface area contributed by atoms with E-state index < -0.39 is 39.7 Å². The van der Waals surface area contributed by atoms with Crippen molar-refractivity contribution in [1.82, 2.24) is 4.40 Å². The minimum absolute atomic E-state index is 0.0150. The zero-order valence-corrected chi connectivity index (χ0v) is 16.9. The van der Waals surface area contributed by atoms with E-state index in [2.05, 4.69) is 0 Å². The van der Waals surface area contributed by atoms with Gasteiger partial charge in [0.1, 0.15) is 16.5 Å². The van der Waals surface area contributed by atoms with Gasteiger partial charge in [0.15, 0.2) is 5.78 Å². The Morgan fingerprint density at radius 1 is 1.03 bits per heavy atom. The molecule has 0 aliphatic rings. The van der Waals surface area contributed by atoms with Gasteiger partial charge in [-0.2, -0.15) is 0 Å². The summed E-state index contributed by atoms with van der Waals surface area (Å²) in [6, 6.07) is 11.5. The summed E-state index contributed by atoms with van der Waals surface area (Å²) < 4.78 is 6.31. The summed E-state index contributed by atoms with van der Waals surface area (Å²) in [5, 5.41) is 30.9. The second-order valence-electron chi connectivity index (χ2n) is 7.07. The molecular weight excluding hydrogens is 434 g/mol. The van der Waals surface area contributed by atoms with Gasteiger partial charge in [-0.3, -0.25) is 19.3 Å². The molecule has 4 rings (SSSR count). The lowest BCUT2D eigenvalue weighted by atomic mass is 9.97. The van der Waals surface area contributed by atoms with Crippen LogP contribution in [-0.4, -0.2) is 37.3 Å². The highest BCUT2D eigenvalue weighted by Gasteiger charge is 2.32. The van der Waals surface area contributed by atoms with Gasteiger partial charge in [-0.05, 0) is 19.1 Å². The number of hydrogen-bond acceptors (Lipinski definition) is 7. The molecule has 1 aromatic carbocycles. The molecule has 0 atom stereocenters. The van der Waals surface area contributed by atoms with Crippen LogP contribution >= 0.6 is 0 Å². The summed E-state index contributed by atoms with van der Waals surface area (Å²) in [6.07, 6.45) is 0. The predicted molar refractivity (Wildman–Crippen MR) is 115 cm³/mol. The van der Waals surface area contributed by atoms with E-state index in [4.69, 9.17) is 10.2 Å². The highest BCUT2D eigenvalue weighted by atomic mass is 16.6. The molecule has 3 aromatic heterocycles. The number of nitrogen functional groups attached to an aromatic ring is 1. The van der Waals surface area contributed by atoms with Gasteiger partial charge >= 0.3 is 17.8 Å². The Kier molecular flexibility index (Phi) is 4.93. The molecule has 0 unspecified atom stereocenters. The van der Waals surface area contributed by atoms with Gasteiger partial charge in [-0.15, -0.1) is 0 Å². The first-order valence-electron chi connectivity index (χ1n) is 9.41. The topological polar surface area (TPSA) is 178 Å². The molecule has 4 N–H and O–H groups in total. The second kappa shape index (κ2) is 7.64. The van der Waals surface area contributed by atoms with Crippen molar-refractivity contribution in [3.63, 3.8) is 0 Å². The van der Waals surface area contributed by atoms with Gasteiger partial charge < -0.3 is 20.4 Å². The SMILES string of the molecule is Cc1c(C(=O)O)c(-c2ccc([N+](=O)[O-])o2)c(C(=O)O)c2cc(C(=O)c3ccccc3)c(N)n12. The molecule has 0 saturated carbocycles. The van der Waals surface area contributed by atoms with Gasteiger partial charge in [0.25, 0.3) is 0 Å². The third kappa shape index (κ3) is 3.28. The van der Waals surface area contributed by atoms with Crippen molar-refractivity contribution in [2.24, 2.45) is 0 Å². The number of nitrogens with zero attached hydrogens (tertiary/aromatic N) is 2. The fraction of sp³-hybridized carbons (Fsp3) is 0.0455. The molecule has 0 aliphatic heterocycles. The first-order valence-corrected chi connectivity index (χ1v) is 9.41. The zero-order valence-electron chi connectivity index (χ0n) is 16.9. The van der Waals surface area contributed by atoms with E-state index in [1.165, 1.54) is 17.4 Å². The van der Waals surface area contributed by atoms with Crippen LogP contribution in [0, 0.1) is 17.0 Å². The van der Waals surface area contributed by atoms with Gasteiger partial charge in [-0.1, -0.05) is 30.3 Å². The van der Waals surface area contributed by atoms with E-state index in [9.17, 15) is 34.7 Å². The molecule has 4 aromatic rings. The summed E-state index contributed by atoms with van der Waals surface area (Å²) in [5.74, 6) is -4.68. The Balaban J connectivity index is 2.12. The summed E-state index contributed by atoms with van der Waals surface area (Å²) in [5.41, 5.74) is 5.05. The Morgan fingerprint density at radius 2 is 1.67 bits per heavy atom. The number of carbonyl (C=O) groups excluding carboxylic acids is 1. The lowest BCUT2D eigenvalue weighted by molar-refractivity contribution is -0.401. The lowest BCUT2D eigenvalue weighted by Gasteiger charge is -2.15. The second-order valence-corrected chi connectivity index (χ2v) is 7.07. The van der Waals surface area contributed by atoms with E-state index in [0.29, 0.717) is 5.56 Å². The molecule has 0 radical (unpaired) electrons. The van der Waals surface area contributed by atoms with Gasteiger partial charge in [0.2, 0.25) is 0 Å². The Hall–Kier alpha value is -4.93. The molecule has 11 heteroatoms. The fourth-order valence-corrected chi connectivity index (χ4v) is 3.83. The monoisotopic (exact) mass is 449 g/mol. The van der Waals surface area contributed by atoms with Gasteiger partial charge in [-0.25, -0.2) is 9.59 Å². The van der Waals surface area contributed by atoms with Crippen LogP contribution in [-0.2, 0) is 0 Å². The van der Waals surface area contributed by atoms with Crippen LogP contribution in [0.1, 0.15) is 42.3 Å². The average Bonchev–Trinajstić information content (AvgIpc) is 3.38. The van der Waals surface area contributed by atoms with Gasteiger partial charge in [0.05, 0.1) is 33.8 Å². The van der Waals surface area contributed by atoms with Crippen molar-refractivity contribution < 1.29 is 33.9 Å². The molecule has 0 spiro atoms. The number of carbonyl (C=O) groups is 3. The third-order valence-electron chi connectivity index (χ3n) is 5.22. The standard InChI is InChI=1S/C22H15N3O8/c1-10-16(21(27)28)18(14-7-8-15(33-14)25(31)32)17(22(29)30)13-9-12(20(23)24(10)13)19(26)11-5-3-2-4-6-11/h2-9H,23H2,1H3,(H,27,28)(H,29,30). The number of aromatic nitrogens is 1. The van der Waals surface area contributed by atoms with Crippen LogP contribution in [0.15, 0.2) is 52.9 Å². The van der Waals surface area contributed by atoms with E-state index >= 15 is 0 Å². The zero-order chi connectivity index (χ0) is 24.0. The summed E-state index contributed by atoms with van der Waals surface area (Å²) in [4.78, 5) is 47.7. The minimum Gasteiger partial charge on any atom is -0.478 e. The number of pyridine rings is 1. The summed E-state index contributed by atoms with van der Waals surface area (Å²) in [7, 11) is 0. The van der Waals surface area contributed by atoms with Gasteiger partial charge in [0, 0.05) is 11.3 Å². The van der Waals surface area contributed by atoms with Crippen molar-refractivity contribution in [1.29, 1.82) is 0 Å². The molecule has 0 amide bonds. The molecule has 33 heavy (non-hydrogen) atoms. The predicted octanol–water partition coefficient (Wildman–Crippen LogP) is 3.63. The number of fused-ring (bicyclic) bond motifs is 1. The number of furan rings is 1. The third-order valence-corrected chi connectivity index (χ3v) is 5.22. The maximum atomic E-state index is 13.0. The quantitative estimate of drug-likeness (QED) is 0.225. The van der Waals surface area contributed by atoms with Crippen LogP contribution in [0.2, 0.25) is 0 Å². The van der Waals surface area contributed by atoms with Crippen LogP contribution < -0.4 is 5.73 Å². The van der Waals surface area contributed by atoms with Crippen molar-refractivity contribution in [2.75, 3.05) is 5.73 Å². The maximum absolute atomic E-state index is 13.0. The van der Waals surface area contributed by atoms with Crippen LogP contribution in [0.25, 0.3) is 16.8 Å². The summed E-state index contributed by atoms with van der Waals surface area (Å²) in [6.45, 7) is 1.38. The first kappa shape index (κ1) is 21.3. The smallest absolute Gasteiger partial charge is 0.433 e. The molecule has 0 bridgehead atoms. The van der Waals surface area contributed by atoms with E-state index in [0.717, 1.165) is 12.1 Å². The number of benzene rings is 1. The van der Waals surface area contributed by atoms with Crippen LogP contribution in [0.4, 0.5) is 11.7 Å². The number of ketones is 1. The highest BCUT2D eigenvalue weighted by molar-refractivity contribution is 6.15. The Bertz CT molecular complexity index is 1480. The van der Waals surface area contributed by atoms with Crippen molar-refractivity contribution in [3.05, 3.63) is 86.6 Å². The molecule has 3 heterocycles. The Morgan fingerprint density at radius 3 is 2.21 bits per heavy atom. The number of aromatic carboxylic acids is 2. The number of hydrogen-bond donors (Lipinski definition) is 3. The van der Waals surface area contributed by atoms with E-state index in [-0.39, 0.29) is 33.9 Å². The molecule has 166 valence electrons. The number of nitro groups is 1. The number of nitrogens with two attached hydrogens (primary N) is 1. The van der Waals surface area contributed by atoms with E-state index in [1.54, 1.807) is 30.3 Å². The summed E-state index contributed by atoms with van der Waals surface area (Å²) >= 11 is 0. The Labute approximate surface area is 184 Å². The van der Waals surface area contributed by atoms with Crippen molar-refractivity contribution >= 4 is 34.9 Å². The minimum atomic E-state index is -1.53. The molecule has 11 nitrogen and oxygen atoms in total. The number of carboxylic acids is 2. The molecule has 0 aliphatic carbocycles. The average molecular weight is 449 g/mol.